The number of fused-ring (bicyclic) bond motifs is 1. The van der Waals surface area contributed by atoms with E-state index in [2.05, 4.69) is 10.3 Å². The summed E-state index contributed by atoms with van der Waals surface area (Å²) >= 11 is 0. The molecule has 1 N–H and O–H groups in total. The van der Waals surface area contributed by atoms with Crippen molar-refractivity contribution in [3.8, 4) is 11.5 Å². The first-order valence-electron chi connectivity index (χ1n) is 7.41. The number of methoxy groups -OCH3 is 2. The molecule has 2 heterocycles. The summed E-state index contributed by atoms with van der Waals surface area (Å²) in [6, 6.07) is 7.36. The summed E-state index contributed by atoms with van der Waals surface area (Å²) in [5.74, 6) is 1.41. The van der Waals surface area contributed by atoms with E-state index in [-0.39, 0.29) is 6.03 Å². The van der Waals surface area contributed by atoms with Crippen LogP contribution in [0.4, 0.5) is 10.5 Å². The molecular weight excluding hydrogens is 294 g/mol. The molecule has 0 atom stereocenters. The highest BCUT2D eigenvalue weighted by Gasteiger charge is 2.22. The zero-order valence-electron chi connectivity index (χ0n) is 13.2. The van der Waals surface area contributed by atoms with E-state index in [4.69, 9.17) is 9.47 Å². The van der Waals surface area contributed by atoms with E-state index in [0.29, 0.717) is 18.8 Å². The van der Waals surface area contributed by atoms with Crippen molar-refractivity contribution >= 4 is 11.7 Å². The monoisotopic (exact) mass is 313 g/mol. The number of aromatic nitrogens is 1. The van der Waals surface area contributed by atoms with Gasteiger partial charge in [0.25, 0.3) is 0 Å². The molecule has 120 valence electrons. The van der Waals surface area contributed by atoms with Gasteiger partial charge in [0.15, 0.2) is 11.5 Å². The number of amides is 2. The van der Waals surface area contributed by atoms with Crippen molar-refractivity contribution in [2.45, 2.75) is 13.0 Å². The van der Waals surface area contributed by atoms with E-state index in [1.165, 1.54) is 5.56 Å². The molecule has 0 saturated heterocycles. The Bertz CT molecular complexity index is 704. The lowest BCUT2D eigenvalue weighted by atomic mass is 9.99. The van der Waals surface area contributed by atoms with Crippen molar-refractivity contribution < 1.29 is 14.3 Å². The fraction of sp³-hybridized carbons (Fsp3) is 0.294. The first-order chi connectivity index (χ1) is 11.2. The predicted molar refractivity (Wildman–Crippen MR) is 86.9 cm³/mol. The summed E-state index contributed by atoms with van der Waals surface area (Å²) < 4.78 is 10.7. The van der Waals surface area contributed by atoms with Gasteiger partial charge >= 0.3 is 6.03 Å². The van der Waals surface area contributed by atoms with Crippen molar-refractivity contribution in [1.29, 1.82) is 0 Å². The molecular formula is C17H19N3O3. The van der Waals surface area contributed by atoms with Crippen LogP contribution in [0, 0.1) is 0 Å². The minimum Gasteiger partial charge on any atom is -0.493 e. The van der Waals surface area contributed by atoms with E-state index in [0.717, 1.165) is 23.4 Å². The Morgan fingerprint density at radius 3 is 2.43 bits per heavy atom. The molecule has 0 radical (unpaired) electrons. The van der Waals surface area contributed by atoms with E-state index >= 15 is 0 Å². The predicted octanol–water partition coefficient (Wildman–Crippen LogP) is 2.69. The zero-order valence-corrected chi connectivity index (χ0v) is 13.2. The SMILES string of the molecule is COc1cc2c(cc1OC)CN(C(=O)Nc1ccncc1)CC2. The molecule has 1 aliphatic heterocycles. The van der Waals surface area contributed by atoms with Crippen LogP contribution in [0.5, 0.6) is 11.5 Å². The van der Waals surface area contributed by atoms with Crippen LogP contribution >= 0.6 is 0 Å². The molecule has 3 rings (SSSR count). The van der Waals surface area contributed by atoms with Crippen LogP contribution in [-0.4, -0.2) is 36.7 Å². The minimum atomic E-state index is -0.114. The Morgan fingerprint density at radius 1 is 1.13 bits per heavy atom. The van der Waals surface area contributed by atoms with Gasteiger partial charge in [0.1, 0.15) is 0 Å². The van der Waals surface area contributed by atoms with Gasteiger partial charge in [0.05, 0.1) is 14.2 Å². The summed E-state index contributed by atoms with van der Waals surface area (Å²) in [7, 11) is 3.24. The van der Waals surface area contributed by atoms with Crippen molar-refractivity contribution in [1.82, 2.24) is 9.88 Å². The third kappa shape index (κ3) is 3.21. The second-order valence-electron chi connectivity index (χ2n) is 5.31. The summed E-state index contributed by atoms with van der Waals surface area (Å²) in [6.07, 6.45) is 4.09. The van der Waals surface area contributed by atoms with Crippen LogP contribution in [0.15, 0.2) is 36.7 Å². The highest BCUT2D eigenvalue weighted by molar-refractivity contribution is 5.89. The lowest BCUT2D eigenvalue weighted by molar-refractivity contribution is 0.206. The molecule has 23 heavy (non-hydrogen) atoms. The van der Waals surface area contributed by atoms with Gasteiger partial charge in [-0.05, 0) is 41.8 Å². The second-order valence-corrected chi connectivity index (χ2v) is 5.31. The maximum Gasteiger partial charge on any atom is 0.322 e. The third-order valence-electron chi connectivity index (χ3n) is 3.94. The maximum absolute atomic E-state index is 12.4. The fourth-order valence-electron chi connectivity index (χ4n) is 2.69. The normalized spacial score (nSPS) is 13.2. The Hall–Kier alpha value is -2.76. The van der Waals surface area contributed by atoms with E-state index in [9.17, 15) is 4.79 Å². The van der Waals surface area contributed by atoms with Crippen molar-refractivity contribution in [3.05, 3.63) is 47.8 Å². The van der Waals surface area contributed by atoms with Crippen LogP contribution in [0.1, 0.15) is 11.1 Å². The molecule has 2 amide bonds. The molecule has 1 aromatic heterocycles. The number of ether oxygens (including phenoxy) is 2. The largest absolute Gasteiger partial charge is 0.493 e. The Morgan fingerprint density at radius 2 is 1.78 bits per heavy atom. The van der Waals surface area contributed by atoms with Crippen LogP contribution in [0.25, 0.3) is 0 Å². The molecule has 0 fully saturated rings. The number of benzene rings is 1. The molecule has 0 unspecified atom stereocenters. The third-order valence-corrected chi connectivity index (χ3v) is 3.94. The molecule has 0 aliphatic carbocycles. The molecule has 6 heteroatoms. The quantitative estimate of drug-likeness (QED) is 0.946. The van der Waals surface area contributed by atoms with Crippen LogP contribution < -0.4 is 14.8 Å². The van der Waals surface area contributed by atoms with Gasteiger partial charge in [-0.3, -0.25) is 4.98 Å². The first-order valence-corrected chi connectivity index (χ1v) is 7.41. The number of nitrogens with one attached hydrogen (secondary N) is 1. The number of anilines is 1. The van der Waals surface area contributed by atoms with E-state index in [1.54, 1.807) is 43.6 Å². The summed E-state index contributed by atoms with van der Waals surface area (Å²) in [4.78, 5) is 18.1. The first kappa shape index (κ1) is 15.1. The Balaban J connectivity index is 1.75. The van der Waals surface area contributed by atoms with Crippen molar-refractivity contribution in [2.75, 3.05) is 26.1 Å². The number of carbonyl (C=O) groups is 1. The van der Waals surface area contributed by atoms with Gasteiger partial charge < -0.3 is 19.7 Å². The number of carbonyl (C=O) groups excluding carboxylic acids is 1. The number of rotatable bonds is 3. The summed E-state index contributed by atoms with van der Waals surface area (Å²) in [5.41, 5.74) is 3.01. The number of nitrogens with zero attached hydrogens (tertiary/aromatic N) is 2. The van der Waals surface area contributed by atoms with E-state index in [1.807, 2.05) is 12.1 Å². The van der Waals surface area contributed by atoms with Gasteiger partial charge in [-0.1, -0.05) is 0 Å². The second kappa shape index (κ2) is 6.56. The topological polar surface area (TPSA) is 63.7 Å². The number of hydrogen-bond acceptors (Lipinski definition) is 4. The van der Waals surface area contributed by atoms with E-state index < -0.39 is 0 Å². The maximum atomic E-state index is 12.4. The Labute approximate surface area is 135 Å². The average Bonchev–Trinajstić information content (AvgIpc) is 2.60. The number of pyridine rings is 1. The van der Waals surface area contributed by atoms with Crippen LogP contribution in [0.2, 0.25) is 0 Å². The van der Waals surface area contributed by atoms with Crippen molar-refractivity contribution in [3.63, 3.8) is 0 Å². The lowest BCUT2D eigenvalue weighted by Gasteiger charge is -2.29. The Kier molecular flexibility index (Phi) is 4.32. The summed E-state index contributed by atoms with van der Waals surface area (Å²) in [6.45, 7) is 1.21. The smallest absolute Gasteiger partial charge is 0.322 e. The molecule has 0 bridgehead atoms. The molecule has 2 aromatic rings. The molecule has 1 aromatic carbocycles. The number of urea groups is 1. The van der Waals surface area contributed by atoms with Gasteiger partial charge in [0.2, 0.25) is 0 Å². The van der Waals surface area contributed by atoms with Crippen LogP contribution in [0.3, 0.4) is 0 Å². The van der Waals surface area contributed by atoms with Crippen molar-refractivity contribution in [2.24, 2.45) is 0 Å². The average molecular weight is 313 g/mol. The van der Waals surface area contributed by atoms with Gasteiger partial charge in [0, 0.05) is 31.2 Å². The lowest BCUT2D eigenvalue weighted by Crippen LogP contribution is -2.38. The van der Waals surface area contributed by atoms with Gasteiger partial charge in [-0.25, -0.2) is 4.79 Å². The highest BCUT2D eigenvalue weighted by atomic mass is 16.5. The van der Waals surface area contributed by atoms with Gasteiger partial charge in [-0.2, -0.15) is 0 Å². The standard InChI is InChI=1S/C17H19N3O3/c1-22-15-9-12-5-8-20(11-13(12)10-16(15)23-2)17(21)19-14-3-6-18-7-4-14/h3-4,6-7,9-10H,5,8,11H2,1-2H3,(H,18,19,21). The van der Waals surface area contributed by atoms with Crippen LogP contribution in [-0.2, 0) is 13.0 Å². The number of hydrogen-bond donors (Lipinski definition) is 1. The highest BCUT2D eigenvalue weighted by Crippen LogP contribution is 2.33. The fourth-order valence-corrected chi connectivity index (χ4v) is 2.69. The molecule has 1 aliphatic rings. The molecule has 0 spiro atoms. The molecule has 0 saturated carbocycles. The van der Waals surface area contributed by atoms with Gasteiger partial charge in [-0.15, -0.1) is 0 Å². The summed E-state index contributed by atoms with van der Waals surface area (Å²) in [5, 5.41) is 2.88. The zero-order chi connectivity index (χ0) is 16.2. The minimum absolute atomic E-state index is 0.114. The molecule has 6 nitrogen and oxygen atoms in total.